The van der Waals surface area contributed by atoms with Crippen LogP contribution in [0.4, 0.5) is 0 Å². The molecule has 0 N–H and O–H groups in total. The van der Waals surface area contributed by atoms with Gasteiger partial charge in [0.25, 0.3) is 0 Å². The highest BCUT2D eigenvalue weighted by atomic mass is 35.5. The Labute approximate surface area is 89.0 Å². The lowest BCUT2D eigenvalue weighted by Gasteiger charge is -2.25. The van der Waals surface area contributed by atoms with Gasteiger partial charge in [-0.1, -0.05) is 12.1 Å². The third-order valence-electron chi connectivity index (χ3n) is 2.65. The van der Waals surface area contributed by atoms with Crippen LogP contribution in [0.25, 0.3) is 0 Å². The zero-order valence-corrected chi connectivity index (χ0v) is 9.18. The summed E-state index contributed by atoms with van der Waals surface area (Å²) in [5.74, 6) is 1.49. The number of rotatable bonds is 3. The Morgan fingerprint density at radius 1 is 1.57 bits per heavy atom. The van der Waals surface area contributed by atoms with Gasteiger partial charge in [0.1, 0.15) is 11.5 Å². The molecular weight excluding hydrogens is 200 g/mol. The summed E-state index contributed by atoms with van der Waals surface area (Å²) in [5.41, 5.74) is 2.14. The summed E-state index contributed by atoms with van der Waals surface area (Å²) in [6.07, 6.45) is 2.16. The average molecular weight is 215 g/mol. The van der Waals surface area contributed by atoms with Gasteiger partial charge in [-0.25, -0.2) is 0 Å². The summed E-state index contributed by atoms with van der Waals surface area (Å²) in [6.45, 7) is 5.38. The van der Waals surface area contributed by atoms with Crippen molar-refractivity contribution in [1.29, 1.82) is 0 Å². The molecule has 14 heavy (non-hydrogen) atoms. The zero-order valence-electron chi connectivity index (χ0n) is 8.42. The zero-order chi connectivity index (χ0) is 9.97. The Kier molecular flexibility index (Phi) is 3.08. The highest BCUT2D eigenvalue weighted by Crippen LogP contribution is 2.23. The minimum Gasteiger partial charge on any atom is -0.361 e. The van der Waals surface area contributed by atoms with Crippen molar-refractivity contribution in [2.45, 2.75) is 32.2 Å². The van der Waals surface area contributed by atoms with Gasteiger partial charge in [0.05, 0.1) is 5.88 Å². The van der Waals surface area contributed by atoms with E-state index in [4.69, 9.17) is 16.1 Å². The molecule has 1 aliphatic heterocycles. The van der Waals surface area contributed by atoms with E-state index in [-0.39, 0.29) is 0 Å². The monoisotopic (exact) mass is 214 g/mol. The number of halogens is 1. The molecule has 0 radical (unpaired) electrons. The number of alkyl halides is 1. The first-order chi connectivity index (χ1) is 6.85. The molecule has 0 amide bonds. The molecule has 0 atom stereocenters. The Morgan fingerprint density at radius 3 is 3.14 bits per heavy atom. The Hall–Kier alpha value is -0.540. The lowest BCUT2D eigenvalue weighted by molar-refractivity contribution is 0.237. The largest absolute Gasteiger partial charge is 0.361 e. The van der Waals surface area contributed by atoms with Gasteiger partial charge in [-0.2, -0.15) is 0 Å². The molecule has 4 heteroatoms. The summed E-state index contributed by atoms with van der Waals surface area (Å²) in [6, 6.07) is 0. The van der Waals surface area contributed by atoms with Crippen LogP contribution in [0.2, 0.25) is 0 Å². The number of nitrogens with zero attached hydrogens (tertiary/aromatic N) is 2. The molecule has 78 valence electrons. The topological polar surface area (TPSA) is 29.3 Å². The first-order valence-electron chi connectivity index (χ1n) is 5.09. The second kappa shape index (κ2) is 4.32. The maximum Gasteiger partial charge on any atom is 0.142 e. The molecule has 1 aromatic rings. The van der Waals surface area contributed by atoms with Gasteiger partial charge >= 0.3 is 0 Å². The fourth-order valence-corrected chi connectivity index (χ4v) is 2.14. The van der Waals surface area contributed by atoms with E-state index in [2.05, 4.69) is 17.0 Å². The molecule has 2 heterocycles. The normalized spacial score (nSPS) is 17.0. The predicted molar refractivity (Wildman–Crippen MR) is 55.3 cm³/mol. The number of hydrogen-bond acceptors (Lipinski definition) is 3. The molecule has 0 aliphatic carbocycles. The highest BCUT2D eigenvalue weighted by molar-refractivity contribution is 6.17. The molecule has 0 saturated heterocycles. The van der Waals surface area contributed by atoms with E-state index in [1.807, 2.05) is 0 Å². The van der Waals surface area contributed by atoms with Gasteiger partial charge in [-0.05, 0) is 13.0 Å². The third kappa shape index (κ3) is 1.79. The molecular formula is C10H15ClN2O. The van der Waals surface area contributed by atoms with Gasteiger partial charge in [0.15, 0.2) is 0 Å². The second-order valence-electron chi connectivity index (χ2n) is 3.69. The van der Waals surface area contributed by atoms with Crippen LogP contribution in [0.3, 0.4) is 0 Å². The van der Waals surface area contributed by atoms with E-state index in [1.165, 1.54) is 12.0 Å². The molecule has 0 bridgehead atoms. The number of fused-ring (bicyclic) bond motifs is 1. The minimum atomic E-state index is 0.457. The van der Waals surface area contributed by atoms with Crippen LogP contribution >= 0.6 is 11.6 Å². The number of hydrogen-bond donors (Lipinski definition) is 0. The van der Waals surface area contributed by atoms with Gasteiger partial charge in [-0.3, -0.25) is 4.90 Å². The van der Waals surface area contributed by atoms with E-state index < -0.39 is 0 Å². The van der Waals surface area contributed by atoms with Gasteiger partial charge in [0, 0.05) is 25.1 Å². The maximum atomic E-state index is 5.79. The van der Waals surface area contributed by atoms with Crippen molar-refractivity contribution in [2.24, 2.45) is 0 Å². The van der Waals surface area contributed by atoms with Gasteiger partial charge in [-0.15, -0.1) is 11.6 Å². The smallest absolute Gasteiger partial charge is 0.142 e. The van der Waals surface area contributed by atoms with E-state index >= 15 is 0 Å². The van der Waals surface area contributed by atoms with E-state index in [0.717, 1.165) is 37.5 Å². The first-order valence-corrected chi connectivity index (χ1v) is 5.63. The fraction of sp³-hybridized carbons (Fsp3) is 0.700. The highest BCUT2D eigenvalue weighted by Gasteiger charge is 2.22. The summed E-state index contributed by atoms with van der Waals surface area (Å²) in [7, 11) is 0. The first kappa shape index (κ1) is 9.99. The van der Waals surface area contributed by atoms with Gasteiger partial charge < -0.3 is 4.52 Å². The third-order valence-corrected chi connectivity index (χ3v) is 2.91. The van der Waals surface area contributed by atoms with Crippen LogP contribution in [0, 0.1) is 0 Å². The van der Waals surface area contributed by atoms with Crippen LogP contribution in [0.5, 0.6) is 0 Å². The minimum absolute atomic E-state index is 0.457. The summed E-state index contributed by atoms with van der Waals surface area (Å²) in [4.78, 5) is 2.43. The molecule has 3 nitrogen and oxygen atoms in total. The lowest BCUT2D eigenvalue weighted by atomic mass is 10.1. The predicted octanol–water partition coefficient (Wildman–Crippen LogP) is 2.18. The fourth-order valence-electron chi connectivity index (χ4n) is 1.93. The van der Waals surface area contributed by atoms with Crippen LogP contribution in [0.15, 0.2) is 4.52 Å². The Bertz CT molecular complexity index is 298. The van der Waals surface area contributed by atoms with Crippen molar-refractivity contribution in [3.05, 3.63) is 17.0 Å². The summed E-state index contributed by atoms with van der Waals surface area (Å²) in [5, 5.41) is 3.98. The molecule has 0 aromatic carbocycles. The van der Waals surface area contributed by atoms with Crippen molar-refractivity contribution < 1.29 is 4.52 Å². The molecule has 0 unspecified atom stereocenters. The molecule has 0 spiro atoms. The summed E-state index contributed by atoms with van der Waals surface area (Å²) >= 11 is 5.79. The number of aromatic nitrogens is 1. The SMILES string of the molecule is CCCN1CCc2onc(CCl)c2C1. The lowest BCUT2D eigenvalue weighted by Crippen LogP contribution is -2.30. The quantitative estimate of drug-likeness (QED) is 0.723. The van der Waals surface area contributed by atoms with E-state index in [1.54, 1.807) is 0 Å². The molecule has 0 fully saturated rings. The van der Waals surface area contributed by atoms with Crippen LogP contribution in [-0.2, 0) is 18.8 Å². The van der Waals surface area contributed by atoms with Crippen molar-refractivity contribution in [3.8, 4) is 0 Å². The standard InChI is InChI=1S/C10H15ClN2O/c1-2-4-13-5-3-10-8(7-13)9(6-11)12-14-10/h2-7H2,1H3. The van der Waals surface area contributed by atoms with Crippen molar-refractivity contribution in [3.63, 3.8) is 0 Å². The maximum absolute atomic E-state index is 5.79. The van der Waals surface area contributed by atoms with Crippen LogP contribution in [0.1, 0.15) is 30.4 Å². The van der Waals surface area contributed by atoms with Crippen LogP contribution < -0.4 is 0 Å². The Morgan fingerprint density at radius 2 is 2.43 bits per heavy atom. The second-order valence-corrected chi connectivity index (χ2v) is 3.96. The van der Waals surface area contributed by atoms with E-state index in [9.17, 15) is 0 Å². The molecule has 2 rings (SSSR count). The van der Waals surface area contributed by atoms with Crippen molar-refractivity contribution in [2.75, 3.05) is 13.1 Å². The molecule has 1 aliphatic rings. The Balaban J connectivity index is 2.14. The molecule has 1 aromatic heterocycles. The van der Waals surface area contributed by atoms with E-state index in [0.29, 0.717) is 5.88 Å². The van der Waals surface area contributed by atoms with Crippen molar-refractivity contribution in [1.82, 2.24) is 10.1 Å². The molecule has 0 saturated carbocycles. The summed E-state index contributed by atoms with van der Waals surface area (Å²) < 4.78 is 5.24. The van der Waals surface area contributed by atoms with Crippen LogP contribution in [-0.4, -0.2) is 23.1 Å². The van der Waals surface area contributed by atoms with Crippen molar-refractivity contribution >= 4 is 11.6 Å². The van der Waals surface area contributed by atoms with Gasteiger partial charge in [0.2, 0.25) is 0 Å². The average Bonchev–Trinajstić information content (AvgIpc) is 2.60.